The predicted octanol–water partition coefficient (Wildman–Crippen LogP) is 3.10. The second kappa shape index (κ2) is 6.72. The van der Waals surface area contributed by atoms with Crippen LogP contribution in [0.2, 0.25) is 0 Å². The van der Waals surface area contributed by atoms with Crippen molar-refractivity contribution >= 4 is 27.4 Å². The summed E-state index contributed by atoms with van der Waals surface area (Å²) in [6.45, 7) is 9.96. The highest BCUT2D eigenvalue weighted by molar-refractivity contribution is 7.20. The lowest BCUT2D eigenvalue weighted by atomic mass is 9.97. The van der Waals surface area contributed by atoms with E-state index in [1.165, 1.54) is 10.4 Å². The van der Waals surface area contributed by atoms with E-state index in [0.717, 1.165) is 46.9 Å². The number of fused-ring (bicyclic) bond motifs is 3. The minimum atomic E-state index is -0.297. The van der Waals surface area contributed by atoms with E-state index >= 15 is 0 Å². The van der Waals surface area contributed by atoms with Crippen LogP contribution in [0.25, 0.3) is 21.6 Å². The molecule has 0 radical (unpaired) electrons. The second-order valence-electron chi connectivity index (χ2n) is 7.69. The number of ether oxygens (including phenoxy) is 2. The first-order chi connectivity index (χ1) is 13.5. The zero-order chi connectivity index (χ0) is 19.3. The number of hydrogen-bond donors (Lipinski definition) is 0. The molecule has 8 heteroatoms. The van der Waals surface area contributed by atoms with E-state index in [1.807, 2.05) is 6.92 Å². The molecule has 0 aromatic carbocycles. The molecule has 0 saturated carbocycles. The van der Waals surface area contributed by atoms with Gasteiger partial charge in [-0.15, -0.1) is 11.3 Å². The summed E-state index contributed by atoms with van der Waals surface area (Å²) >= 11 is 1.77. The number of thiophene rings is 1. The van der Waals surface area contributed by atoms with Crippen molar-refractivity contribution in [3.05, 3.63) is 28.7 Å². The third kappa shape index (κ3) is 2.96. The third-order valence-electron chi connectivity index (χ3n) is 5.32. The molecule has 0 aliphatic carbocycles. The van der Waals surface area contributed by atoms with E-state index < -0.39 is 0 Å². The number of rotatable bonds is 2. The summed E-state index contributed by atoms with van der Waals surface area (Å²) in [6.07, 6.45) is 4.49. The summed E-state index contributed by atoms with van der Waals surface area (Å²) < 4.78 is 12.7. The minimum Gasteiger partial charge on any atom is -0.378 e. The Kier molecular flexibility index (Phi) is 4.30. The Balaban J connectivity index is 1.75. The molecule has 146 valence electrons. The number of aryl methyl sites for hydroxylation is 1. The lowest BCUT2D eigenvalue weighted by Gasteiger charge is -2.29. The molecule has 2 aliphatic rings. The first kappa shape index (κ1) is 17.9. The molecule has 0 atom stereocenters. The fourth-order valence-electron chi connectivity index (χ4n) is 3.83. The molecule has 2 aliphatic heterocycles. The first-order valence-corrected chi connectivity index (χ1v) is 10.4. The Hall–Kier alpha value is -2.16. The highest BCUT2D eigenvalue weighted by Crippen LogP contribution is 2.45. The molecule has 5 rings (SSSR count). The zero-order valence-electron chi connectivity index (χ0n) is 16.4. The molecule has 1 fully saturated rings. The SMILES string of the molecule is Cc1ncc(-c2nc(N3CCOCC3)c3sc4c(c3n2)CCOC4(C)C)cn1. The standard InChI is InChI=1S/C20H23N5O2S/c1-12-21-10-13(11-22-12)18-23-15-14-4-7-27-20(2,3)17(14)28-16(15)19(24-18)25-5-8-26-9-6-25/h10-11H,4-9H2,1-3H3. The minimum absolute atomic E-state index is 0.297. The van der Waals surface area contributed by atoms with Crippen LogP contribution >= 0.6 is 11.3 Å². The number of aromatic nitrogens is 4. The maximum absolute atomic E-state index is 6.04. The normalized spacial score (nSPS) is 19.0. The summed E-state index contributed by atoms with van der Waals surface area (Å²) in [5.74, 6) is 2.41. The van der Waals surface area contributed by atoms with Gasteiger partial charge in [-0.1, -0.05) is 0 Å². The molecule has 28 heavy (non-hydrogen) atoms. The molecule has 7 nitrogen and oxygen atoms in total. The van der Waals surface area contributed by atoms with Crippen LogP contribution in [-0.2, 0) is 21.5 Å². The van der Waals surface area contributed by atoms with Crippen LogP contribution in [0.1, 0.15) is 30.1 Å². The number of nitrogens with zero attached hydrogens (tertiary/aromatic N) is 5. The molecule has 0 spiro atoms. The van der Waals surface area contributed by atoms with Gasteiger partial charge in [-0.05, 0) is 32.8 Å². The molecule has 1 saturated heterocycles. The highest BCUT2D eigenvalue weighted by atomic mass is 32.1. The van der Waals surface area contributed by atoms with E-state index in [1.54, 1.807) is 23.7 Å². The van der Waals surface area contributed by atoms with Gasteiger partial charge < -0.3 is 14.4 Å². The summed E-state index contributed by atoms with van der Waals surface area (Å²) in [5.41, 5.74) is 2.88. The van der Waals surface area contributed by atoms with Gasteiger partial charge in [-0.2, -0.15) is 0 Å². The van der Waals surface area contributed by atoms with Crippen LogP contribution in [0.4, 0.5) is 5.82 Å². The van der Waals surface area contributed by atoms with Crippen molar-refractivity contribution in [1.29, 1.82) is 0 Å². The van der Waals surface area contributed by atoms with E-state index in [0.29, 0.717) is 25.6 Å². The van der Waals surface area contributed by atoms with Crippen molar-refractivity contribution in [2.75, 3.05) is 37.8 Å². The van der Waals surface area contributed by atoms with Gasteiger partial charge in [-0.25, -0.2) is 19.9 Å². The van der Waals surface area contributed by atoms with Crippen LogP contribution < -0.4 is 4.90 Å². The molecule has 5 heterocycles. The third-order valence-corrected chi connectivity index (χ3v) is 6.85. The van der Waals surface area contributed by atoms with Gasteiger partial charge in [0.2, 0.25) is 0 Å². The Morgan fingerprint density at radius 2 is 1.82 bits per heavy atom. The van der Waals surface area contributed by atoms with Gasteiger partial charge in [-0.3, -0.25) is 0 Å². The van der Waals surface area contributed by atoms with Crippen molar-refractivity contribution in [1.82, 2.24) is 19.9 Å². The number of morpholine rings is 1. The summed E-state index contributed by atoms with van der Waals surface area (Å²) in [5, 5.41) is 0. The van der Waals surface area contributed by atoms with Crippen LogP contribution in [0, 0.1) is 6.92 Å². The molecule has 0 unspecified atom stereocenters. The molecule has 0 N–H and O–H groups in total. The monoisotopic (exact) mass is 397 g/mol. The van der Waals surface area contributed by atoms with E-state index in [2.05, 4.69) is 28.7 Å². The van der Waals surface area contributed by atoms with Gasteiger partial charge in [0.05, 0.1) is 41.2 Å². The predicted molar refractivity (Wildman–Crippen MR) is 109 cm³/mol. The zero-order valence-corrected chi connectivity index (χ0v) is 17.2. The van der Waals surface area contributed by atoms with Crippen molar-refractivity contribution in [3.8, 4) is 11.4 Å². The Morgan fingerprint density at radius 3 is 2.57 bits per heavy atom. The van der Waals surface area contributed by atoms with E-state index in [4.69, 9.17) is 19.4 Å². The van der Waals surface area contributed by atoms with E-state index in [-0.39, 0.29) is 5.60 Å². The Labute approximate surface area is 167 Å². The molecular formula is C20H23N5O2S. The fourth-order valence-corrected chi connectivity index (χ4v) is 5.19. The van der Waals surface area contributed by atoms with Crippen molar-refractivity contribution in [2.24, 2.45) is 0 Å². The van der Waals surface area contributed by atoms with Gasteiger partial charge in [0.1, 0.15) is 5.82 Å². The summed E-state index contributed by atoms with van der Waals surface area (Å²) in [4.78, 5) is 22.2. The van der Waals surface area contributed by atoms with Gasteiger partial charge >= 0.3 is 0 Å². The smallest absolute Gasteiger partial charge is 0.165 e. The average molecular weight is 398 g/mol. The average Bonchev–Trinajstić information content (AvgIpc) is 3.09. The second-order valence-corrected chi connectivity index (χ2v) is 8.71. The maximum atomic E-state index is 6.04. The van der Waals surface area contributed by atoms with Crippen LogP contribution in [-0.4, -0.2) is 52.8 Å². The molecule has 0 amide bonds. The van der Waals surface area contributed by atoms with Crippen molar-refractivity contribution < 1.29 is 9.47 Å². The molecule has 3 aromatic rings. The van der Waals surface area contributed by atoms with Crippen LogP contribution in [0.3, 0.4) is 0 Å². The molecule has 0 bridgehead atoms. The summed E-state index contributed by atoms with van der Waals surface area (Å²) in [7, 11) is 0. The Bertz CT molecular complexity index is 1030. The van der Waals surface area contributed by atoms with Crippen molar-refractivity contribution in [2.45, 2.75) is 32.8 Å². The maximum Gasteiger partial charge on any atom is 0.165 e. The van der Waals surface area contributed by atoms with Gasteiger partial charge in [0, 0.05) is 30.4 Å². The van der Waals surface area contributed by atoms with Gasteiger partial charge in [0.25, 0.3) is 0 Å². The lowest BCUT2D eigenvalue weighted by molar-refractivity contribution is -0.0279. The van der Waals surface area contributed by atoms with E-state index in [9.17, 15) is 0 Å². The molecule has 3 aromatic heterocycles. The largest absolute Gasteiger partial charge is 0.378 e. The topological polar surface area (TPSA) is 73.3 Å². The quantitative estimate of drug-likeness (QED) is 0.658. The summed E-state index contributed by atoms with van der Waals surface area (Å²) in [6, 6.07) is 0. The van der Waals surface area contributed by atoms with Crippen LogP contribution in [0.15, 0.2) is 12.4 Å². The highest BCUT2D eigenvalue weighted by Gasteiger charge is 2.34. The lowest BCUT2D eigenvalue weighted by Crippen LogP contribution is -2.36. The first-order valence-electron chi connectivity index (χ1n) is 9.62. The van der Waals surface area contributed by atoms with Crippen molar-refractivity contribution in [3.63, 3.8) is 0 Å². The number of anilines is 1. The Morgan fingerprint density at radius 1 is 1.07 bits per heavy atom. The number of hydrogen-bond acceptors (Lipinski definition) is 8. The van der Waals surface area contributed by atoms with Crippen LogP contribution in [0.5, 0.6) is 0 Å². The van der Waals surface area contributed by atoms with Gasteiger partial charge in [0.15, 0.2) is 11.6 Å². The fraction of sp³-hybridized carbons (Fsp3) is 0.500. The molecular weight excluding hydrogens is 374 g/mol.